The Balaban J connectivity index is 1.44. The summed E-state index contributed by atoms with van der Waals surface area (Å²) in [6, 6.07) is 11.3. The van der Waals surface area contributed by atoms with Crippen LogP contribution in [0.25, 0.3) is 22.1 Å². The van der Waals surface area contributed by atoms with E-state index >= 15 is 0 Å². The quantitative estimate of drug-likeness (QED) is 0.381. The third kappa shape index (κ3) is 3.03. The maximum Gasteiger partial charge on any atom is 0.420 e. The monoisotopic (exact) mass is 405 g/mol. The van der Waals surface area contributed by atoms with Gasteiger partial charge in [0.15, 0.2) is 5.58 Å². The predicted molar refractivity (Wildman–Crippen MR) is 109 cm³/mol. The van der Waals surface area contributed by atoms with Gasteiger partial charge in [-0.3, -0.25) is 4.57 Å². The summed E-state index contributed by atoms with van der Waals surface area (Å²) in [6.45, 7) is 1.49. The molecule has 0 saturated carbocycles. The maximum absolute atomic E-state index is 12.7. The third-order valence-corrected chi connectivity index (χ3v) is 5.66. The van der Waals surface area contributed by atoms with Crippen LogP contribution in [0.5, 0.6) is 0 Å². The molecule has 152 valence electrons. The number of hydrogen-bond acceptors (Lipinski definition) is 6. The molecule has 0 fully saturated rings. The van der Waals surface area contributed by atoms with Gasteiger partial charge in [0.1, 0.15) is 18.2 Å². The first kappa shape index (κ1) is 18.4. The molecule has 1 aliphatic carbocycles. The highest BCUT2D eigenvalue weighted by molar-refractivity contribution is 5.83. The van der Waals surface area contributed by atoms with E-state index in [0.717, 1.165) is 24.6 Å². The van der Waals surface area contributed by atoms with Crippen LogP contribution in [-0.2, 0) is 29.0 Å². The molecule has 0 aliphatic heterocycles. The summed E-state index contributed by atoms with van der Waals surface area (Å²) in [4.78, 5) is 36.9. The van der Waals surface area contributed by atoms with E-state index in [2.05, 4.69) is 0 Å². The van der Waals surface area contributed by atoms with Crippen molar-refractivity contribution >= 4 is 28.0 Å². The molecular formula is C23H19NO6. The highest BCUT2D eigenvalue weighted by Crippen LogP contribution is 2.29. The molecule has 7 nitrogen and oxygen atoms in total. The molecule has 0 spiro atoms. The largest absolute Gasteiger partial charge is 0.459 e. The zero-order valence-electron chi connectivity index (χ0n) is 16.3. The Hall–Kier alpha value is -3.61. The number of nitrogens with zero attached hydrogens (tertiary/aromatic N) is 1. The van der Waals surface area contributed by atoms with Crippen LogP contribution in [-0.4, -0.2) is 10.5 Å². The van der Waals surface area contributed by atoms with Crippen LogP contribution in [0.15, 0.2) is 60.9 Å². The number of para-hydroxylation sites is 2. The Bertz CT molecular complexity index is 1410. The van der Waals surface area contributed by atoms with Crippen molar-refractivity contribution in [3.8, 4) is 0 Å². The van der Waals surface area contributed by atoms with Gasteiger partial charge in [0.25, 0.3) is 0 Å². The molecule has 4 aromatic rings. The number of aromatic nitrogens is 1. The third-order valence-electron chi connectivity index (χ3n) is 5.66. The summed E-state index contributed by atoms with van der Waals surface area (Å²) >= 11 is 0. The number of carbonyl (C=O) groups excluding carboxylic acids is 1. The number of rotatable bonds is 4. The minimum atomic E-state index is -0.878. The van der Waals surface area contributed by atoms with Crippen LogP contribution >= 0.6 is 0 Å². The number of aryl methyl sites for hydroxylation is 2. The van der Waals surface area contributed by atoms with Gasteiger partial charge in [-0.25, -0.2) is 14.4 Å². The van der Waals surface area contributed by atoms with Crippen LogP contribution in [0.1, 0.15) is 36.1 Å². The van der Waals surface area contributed by atoms with E-state index in [1.54, 1.807) is 31.2 Å². The van der Waals surface area contributed by atoms with Crippen molar-refractivity contribution in [2.45, 2.75) is 38.8 Å². The van der Waals surface area contributed by atoms with Gasteiger partial charge in [-0.05, 0) is 61.6 Å². The summed E-state index contributed by atoms with van der Waals surface area (Å²) < 4.78 is 17.3. The summed E-state index contributed by atoms with van der Waals surface area (Å²) in [7, 11) is 0. The second-order valence-electron chi connectivity index (χ2n) is 7.55. The zero-order valence-corrected chi connectivity index (χ0v) is 16.3. The molecule has 2 aromatic heterocycles. The minimum Gasteiger partial charge on any atom is -0.459 e. The molecule has 30 heavy (non-hydrogen) atoms. The number of oxazole rings is 1. The summed E-state index contributed by atoms with van der Waals surface area (Å²) in [5.74, 6) is -1.21. The highest BCUT2D eigenvalue weighted by Gasteiger charge is 2.23. The first-order valence-corrected chi connectivity index (χ1v) is 9.86. The molecule has 1 unspecified atom stereocenters. The molecule has 0 radical (unpaired) electrons. The molecule has 0 bridgehead atoms. The SMILES string of the molecule is CC(C(=O)OCc1cc(=O)oc2cc3c(cc12)CCC3)n1c(=O)oc2ccccc21. The molecule has 2 aromatic carbocycles. The van der Waals surface area contributed by atoms with Crippen LogP contribution < -0.4 is 11.4 Å². The fourth-order valence-electron chi connectivity index (χ4n) is 4.14. The molecular weight excluding hydrogens is 386 g/mol. The van der Waals surface area contributed by atoms with Gasteiger partial charge in [-0.1, -0.05) is 12.1 Å². The molecule has 7 heteroatoms. The van der Waals surface area contributed by atoms with E-state index in [1.807, 2.05) is 12.1 Å². The lowest BCUT2D eigenvalue weighted by Crippen LogP contribution is -2.26. The first-order valence-electron chi connectivity index (χ1n) is 9.86. The summed E-state index contributed by atoms with van der Waals surface area (Å²) in [5, 5.41) is 0.765. The summed E-state index contributed by atoms with van der Waals surface area (Å²) in [5.41, 5.74) is 3.95. The van der Waals surface area contributed by atoms with Gasteiger partial charge >= 0.3 is 17.4 Å². The molecule has 5 rings (SSSR count). The van der Waals surface area contributed by atoms with E-state index in [-0.39, 0.29) is 6.61 Å². The van der Waals surface area contributed by atoms with Crippen molar-refractivity contribution < 1.29 is 18.4 Å². The molecule has 0 N–H and O–H groups in total. The molecule has 2 heterocycles. The number of carbonyl (C=O) groups is 1. The first-order chi connectivity index (χ1) is 14.5. The normalized spacial score (nSPS) is 14.2. The predicted octanol–water partition coefficient (Wildman–Crippen LogP) is 3.49. The molecule has 1 atom stereocenters. The Morgan fingerprint density at radius 3 is 2.67 bits per heavy atom. The minimum absolute atomic E-state index is 0.0887. The van der Waals surface area contributed by atoms with Gasteiger partial charge in [0.05, 0.1) is 5.52 Å². The maximum atomic E-state index is 12.7. The Morgan fingerprint density at radius 2 is 1.83 bits per heavy atom. The van der Waals surface area contributed by atoms with E-state index in [9.17, 15) is 14.4 Å². The summed E-state index contributed by atoms with van der Waals surface area (Å²) in [6.07, 6.45) is 3.03. The topological polar surface area (TPSA) is 91.7 Å². The van der Waals surface area contributed by atoms with Crippen molar-refractivity contribution in [3.05, 3.63) is 80.1 Å². The molecule has 0 amide bonds. The van der Waals surface area contributed by atoms with E-state index in [0.29, 0.717) is 22.2 Å². The zero-order chi connectivity index (χ0) is 20.8. The fourth-order valence-corrected chi connectivity index (χ4v) is 4.14. The number of benzene rings is 2. The Morgan fingerprint density at radius 1 is 1.07 bits per heavy atom. The Labute approximate surface area is 170 Å². The van der Waals surface area contributed by atoms with Crippen molar-refractivity contribution in [1.29, 1.82) is 0 Å². The molecule has 1 aliphatic rings. The standard InChI is InChI=1S/C23H19NO6/c1-13(24-18-7-2-3-8-19(18)30-23(24)27)22(26)28-12-16-11-21(25)29-20-10-15-6-4-5-14(15)9-17(16)20/h2-3,7-11,13H,4-6,12H2,1H3. The van der Waals surface area contributed by atoms with Crippen LogP contribution in [0.2, 0.25) is 0 Å². The lowest BCUT2D eigenvalue weighted by atomic mass is 10.0. The Kier molecular flexibility index (Phi) is 4.31. The van der Waals surface area contributed by atoms with E-state index in [1.165, 1.54) is 21.8 Å². The van der Waals surface area contributed by atoms with Gasteiger partial charge in [-0.2, -0.15) is 0 Å². The van der Waals surface area contributed by atoms with E-state index in [4.69, 9.17) is 13.6 Å². The number of hydrogen-bond donors (Lipinski definition) is 0. The van der Waals surface area contributed by atoms with Gasteiger partial charge in [0.2, 0.25) is 0 Å². The average Bonchev–Trinajstić information content (AvgIpc) is 3.32. The number of fused-ring (bicyclic) bond motifs is 3. The number of ether oxygens (including phenoxy) is 1. The van der Waals surface area contributed by atoms with Crippen LogP contribution in [0.3, 0.4) is 0 Å². The van der Waals surface area contributed by atoms with Crippen molar-refractivity contribution in [1.82, 2.24) is 4.57 Å². The lowest BCUT2D eigenvalue weighted by molar-refractivity contribution is -0.148. The smallest absolute Gasteiger partial charge is 0.420 e. The second-order valence-corrected chi connectivity index (χ2v) is 7.55. The highest BCUT2D eigenvalue weighted by atomic mass is 16.5. The number of esters is 1. The van der Waals surface area contributed by atoms with Crippen molar-refractivity contribution in [2.75, 3.05) is 0 Å². The van der Waals surface area contributed by atoms with Gasteiger partial charge < -0.3 is 13.6 Å². The lowest BCUT2D eigenvalue weighted by Gasteiger charge is -2.13. The molecule has 0 saturated heterocycles. The van der Waals surface area contributed by atoms with Crippen LogP contribution in [0, 0.1) is 0 Å². The van der Waals surface area contributed by atoms with Crippen molar-refractivity contribution in [2.24, 2.45) is 0 Å². The van der Waals surface area contributed by atoms with E-state index < -0.39 is 23.4 Å². The fraction of sp³-hybridized carbons (Fsp3) is 0.261. The van der Waals surface area contributed by atoms with Gasteiger partial charge in [0, 0.05) is 17.0 Å². The van der Waals surface area contributed by atoms with Crippen molar-refractivity contribution in [3.63, 3.8) is 0 Å². The van der Waals surface area contributed by atoms with Crippen LogP contribution in [0.4, 0.5) is 0 Å². The second kappa shape index (κ2) is 7.02. The van der Waals surface area contributed by atoms with Gasteiger partial charge in [-0.15, -0.1) is 0 Å². The average molecular weight is 405 g/mol.